The molecule has 1 aromatic rings. The SMILES string of the molecule is CC(CN(C)C)Nc1cc(N)cc(Cl)n1. The Morgan fingerprint density at radius 3 is 2.73 bits per heavy atom. The zero-order valence-corrected chi connectivity index (χ0v) is 10.0. The van der Waals surface area contributed by atoms with Gasteiger partial charge in [0.2, 0.25) is 0 Å². The summed E-state index contributed by atoms with van der Waals surface area (Å²) in [7, 11) is 4.05. The van der Waals surface area contributed by atoms with E-state index >= 15 is 0 Å². The van der Waals surface area contributed by atoms with Gasteiger partial charge in [-0.15, -0.1) is 0 Å². The standard InChI is InChI=1S/C10H17ClN4/c1-7(6-15(2)3)13-10-5-8(12)4-9(11)14-10/h4-5,7H,6H2,1-3H3,(H3,12,13,14). The Labute approximate surface area is 95.4 Å². The third kappa shape index (κ3) is 4.36. The van der Waals surface area contributed by atoms with Gasteiger partial charge in [0.15, 0.2) is 0 Å². The van der Waals surface area contributed by atoms with E-state index in [0.717, 1.165) is 6.54 Å². The van der Waals surface area contributed by atoms with Crippen molar-refractivity contribution in [3.05, 3.63) is 17.3 Å². The van der Waals surface area contributed by atoms with Crippen molar-refractivity contribution in [2.75, 3.05) is 31.7 Å². The van der Waals surface area contributed by atoms with Crippen LogP contribution in [0.5, 0.6) is 0 Å². The van der Waals surface area contributed by atoms with Crippen molar-refractivity contribution >= 4 is 23.1 Å². The molecule has 0 aromatic carbocycles. The van der Waals surface area contributed by atoms with Crippen LogP contribution in [0.15, 0.2) is 12.1 Å². The number of nitrogens with two attached hydrogens (primary N) is 1. The number of anilines is 2. The summed E-state index contributed by atoms with van der Waals surface area (Å²) in [6, 6.07) is 3.70. The summed E-state index contributed by atoms with van der Waals surface area (Å²) < 4.78 is 0. The van der Waals surface area contributed by atoms with Crippen LogP contribution in [0.4, 0.5) is 11.5 Å². The van der Waals surface area contributed by atoms with Crippen LogP contribution in [0.2, 0.25) is 5.15 Å². The second-order valence-corrected chi connectivity index (χ2v) is 4.30. The Kier molecular flexibility index (Phi) is 4.17. The van der Waals surface area contributed by atoms with E-state index in [-0.39, 0.29) is 0 Å². The fourth-order valence-electron chi connectivity index (χ4n) is 1.44. The fourth-order valence-corrected chi connectivity index (χ4v) is 1.65. The minimum absolute atomic E-state index is 0.297. The van der Waals surface area contributed by atoms with E-state index < -0.39 is 0 Å². The lowest BCUT2D eigenvalue weighted by Crippen LogP contribution is -2.29. The first-order valence-corrected chi connectivity index (χ1v) is 5.19. The van der Waals surface area contributed by atoms with Crippen LogP contribution in [0.1, 0.15) is 6.92 Å². The van der Waals surface area contributed by atoms with Crippen molar-refractivity contribution in [1.29, 1.82) is 0 Å². The van der Waals surface area contributed by atoms with Crippen LogP contribution in [0.25, 0.3) is 0 Å². The molecule has 0 spiro atoms. The molecule has 0 aliphatic rings. The number of nitrogens with zero attached hydrogens (tertiary/aromatic N) is 2. The van der Waals surface area contributed by atoms with Crippen LogP contribution in [-0.4, -0.2) is 36.6 Å². The van der Waals surface area contributed by atoms with Crippen molar-refractivity contribution in [2.45, 2.75) is 13.0 Å². The number of halogens is 1. The van der Waals surface area contributed by atoms with Crippen LogP contribution < -0.4 is 11.1 Å². The van der Waals surface area contributed by atoms with Crippen LogP contribution in [-0.2, 0) is 0 Å². The zero-order chi connectivity index (χ0) is 11.4. The largest absolute Gasteiger partial charge is 0.399 e. The average molecular weight is 229 g/mol. The molecule has 3 N–H and O–H groups in total. The van der Waals surface area contributed by atoms with E-state index in [4.69, 9.17) is 17.3 Å². The quantitative estimate of drug-likeness (QED) is 0.770. The van der Waals surface area contributed by atoms with Gasteiger partial charge in [0.1, 0.15) is 11.0 Å². The predicted octanol–water partition coefficient (Wildman–Crippen LogP) is 1.68. The van der Waals surface area contributed by atoms with Crippen molar-refractivity contribution in [3.63, 3.8) is 0 Å². The second-order valence-electron chi connectivity index (χ2n) is 3.92. The monoisotopic (exact) mass is 228 g/mol. The molecule has 0 radical (unpaired) electrons. The fraction of sp³-hybridized carbons (Fsp3) is 0.500. The molecule has 0 saturated carbocycles. The van der Waals surface area contributed by atoms with Gasteiger partial charge in [-0.3, -0.25) is 0 Å². The Morgan fingerprint density at radius 1 is 1.53 bits per heavy atom. The Bertz CT molecular complexity index is 307. The van der Waals surface area contributed by atoms with Gasteiger partial charge in [0.05, 0.1) is 0 Å². The summed E-state index contributed by atoms with van der Waals surface area (Å²) in [5.74, 6) is 0.717. The minimum atomic E-state index is 0.297. The smallest absolute Gasteiger partial charge is 0.133 e. The number of aromatic nitrogens is 1. The normalized spacial score (nSPS) is 12.9. The van der Waals surface area contributed by atoms with Gasteiger partial charge in [-0.05, 0) is 27.1 Å². The molecule has 1 rings (SSSR count). The molecule has 0 saturated heterocycles. The molecule has 1 atom stereocenters. The average Bonchev–Trinajstić information content (AvgIpc) is 1.98. The number of hydrogen-bond donors (Lipinski definition) is 2. The highest BCUT2D eigenvalue weighted by atomic mass is 35.5. The van der Waals surface area contributed by atoms with Crippen LogP contribution in [0, 0.1) is 0 Å². The van der Waals surface area contributed by atoms with Gasteiger partial charge in [-0.25, -0.2) is 4.98 Å². The minimum Gasteiger partial charge on any atom is -0.399 e. The second kappa shape index (κ2) is 5.19. The molecule has 5 heteroatoms. The maximum Gasteiger partial charge on any atom is 0.133 e. The lowest BCUT2D eigenvalue weighted by Gasteiger charge is -2.18. The highest BCUT2D eigenvalue weighted by molar-refractivity contribution is 6.29. The molecular weight excluding hydrogens is 212 g/mol. The Hall–Kier alpha value is -1.00. The maximum absolute atomic E-state index is 5.80. The first kappa shape index (κ1) is 12.1. The number of hydrogen-bond acceptors (Lipinski definition) is 4. The third-order valence-corrected chi connectivity index (χ3v) is 2.04. The number of pyridine rings is 1. The molecule has 0 aliphatic heterocycles. The first-order valence-electron chi connectivity index (χ1n) is 4.81. The number of likely N-dealkylation sites (N-methyl/N-ethyl adjacent to an activating group) is 1. The molecule has 15 heavy (non-hydrogen) atoms. The van der Waals surface area contributed by atoms with Crippen molar-refractivity contribution in [1.82, 2.24) is 9.88 Å². The van der Waals surface area contributed by atoms with Gasteiger partial charge >= 0.3 is 0 Å². The van der Waals surface area contributed by atoms with Gasteiger partial charge in [-0.2, -0.15) is 0 Å². The van der Waals surface area contributed by atoms with Crippen molar-refractivity contribution in [2.24, 2.45) is 0 Å². The van der Waals surface area contributed by atoms with Gasteiger partial charge < -0.3 is 16.0 Å². The molecule has 1 heterocycles. The molecule has 1 unspecified atom stereocenters. The van der Waals surface area contributed by atoms with Crippen LogP contribution in [0.3, 0.4) is 0 Å². The molecule has 1 aromatic heterocycles. The summed E-state index contributed by atoms with van der Waals surface area (Å²) in [6.07, 6.45) is 0. The van der Waals surface area contributed by atoms with Gasteiger partial charge in [-0.1, -0.05) is 11.6 Å². The molecular formula is C10H17ClN4. The number of rotatable bonds is 4. The lowest BCUT2D eigenvalue weighted by molar-refractivity contribution is 0.392. The third-order valence-electron chi connectivity index (χ3n) is 1.85. The summed E-state index contributed by atoms with van der Waals surface area (Å²) in [4.78, 5) is 6.24. The van der Waals surface area contributed by atoms with Crippen molar-refractivity contribution < 1.29 is 0 Å². The predicted molar refractivity (Wildman–Crippen MR) is 65.3 cm³/mol. The van der Waals surface area contributed by atoms with E-state index in [0.29, 0.717) is 22.7 Å². The van der Waals surface area contributed by atoms with Crippen LogP contribution >= 0.6 is 11.6 Å². The summed E-state index contributed by atoms with van der Waals surface area (Å²) >= 11 is 5.80. The Balaban J connectivity index is 2.63. The van der Waals surface area contributed by atoms with E-state index in [1.165, 1.54) is 0 Å². The van der Waals surface area contributed by atoms with E-state index in [1.54, 1.807) is 12.1 Å². The molecule has 0 bridgehead atoms. The highest BCUT2D eigenvalue weighted by Crippen LogP contribution is 2.16. The Morgan fingerprint density at radius 2 is 2.20 bits per heavy atom. The van der Waals surface area contributed by atoms with E-state index in [9.17, 15) is 0 Å². The topological polar surface area (TPSA) is 54.2 Å². The van der Waals surface area contributed by atoms with E-state index in [2.05, 4.69) is 22.1 Å². The van der Waals surface area contributed by atoms with Gasteiger partial charge in [0, 0.05) is 24.3 Å². The lowest BCUT2D eigenvalue weighted by atomic mass is 10.3. The molecule has 4 nitrogen and oxygen atoms in total. The van der Waals surface area contributed by atoms with Crippen molar-refractivity contribution in [3.8, 4) is 0 Å². The molecule has 0 aliphatic carbocycles. The molecule has 0 amide bonds. The van der Waals surface area contributed by atoms with Gasteiger partial charge in [0.25, 0.3) is 0 Å². The summed E-state index contributed by atoms with van der Waals surface area (Å²) in [5.41, 5.74) is 6.28. The number of nitrogens with one attached hydrogen (secondary N) is 1. The number of nitrogen functional groups attached to an aromatic ring is 1. The molecule has 0 fully saturated rings. The summed E-state index contributed by atoms with van der Waals surface area (Å²) in [6.45, 7) is 3.01. The first-order chi connectivity index (χ1) is 6.97. The maximum atomic E-state index is 5.80. The molecule has 84 valence electrons. The summed E-state index contributed by atoms with van der Waals surface area (Å²) in [5, 5.41) is 3.65. The highest BCUT2D eigenvalue weighted by Gasteiger charge is 2.05. The zero-order valence-electron chi connectivity index (χ0n) is 9.29. The van der Waals surface area contributed by atoms with E-state index in [1.807, 2.05) is 14.1 Å².